The van der Waals surface area contributed by atoms with E-state index in [0.29, 0.717) is 0 Å². The maximum absolute atomic E-state index is 11.5. The number of hydrogen-bond donors (Lipinski definition) is 3. The summed E-state index contributed by atoms with van der Waals surface area (Å²) in [6, 6.07) is 6.52. The molecule has 0 fully saturated rings. The number of aryl methyl sites for hydroxylation is 1. The van der Waals surface area contributed by atoms with Gasteiger partial charge in [-0.05, 0) is 19.1 Å². The van der Waals surface area contributed by atoms with Gasteiger partial charge in [0.1, 0.15) is 6.04 Å². The molecule has 1 aromatic carbocycles. The third-order valence-electron chi connectivity index (χ3n) is 2.18. The molecule has 0 heterocycles. The van der Waals surface area contributed by atoms with E-state index < -0.39 is 12.0 Å². The number of carbonyl (C=O) groups is 2. The minimum atomic E-state index is -1.05. The second kappa shape index (κ2) is 7.03. The van der Waals surface area contributed by atoms with Crippen LogP contribution in [0.2, 0.25) is 0 Å². The van der Waals surface area contributed by atoms with Gasteiger partial charge >= 0.3 is 5.97 Å². The van der Waals surface area contributed by atoms with E-state index >= 15 is 0 Å². The summed E-state index contributed by atoms with van der Waals surface area (Å²) in [5.74, 6) is -0.811. The molecule has 0 aliphatic heterocycles. The molecule has 1 aromatic rings. The van der Waals surface area contributed by atoms with Crippen LogP contribution in [-0.2, 0) is 9.59 Å². The Kier molecular flexibility index (Phi) is 5.67. The standard InChI is InChI=1S/C12H16N2O3S/c1-8-2-4-9(5-3-8)14-11(15)7-18-6-10(13)12(16)17/h2-5,10H,6-7,13H2,1H3,(H,14,15)(H,16,17)/t10-/m1/s1. The number of nitrogens with one attached hydrogen (secondary N) is 1. The summed E-state index contributed by atoms with van der Waals surface area (Å²) >= 11 is 1.20. The monoisotopic (exact) mass is 268 g/mol. The molecule has 0 aliphatic rings. The molecule has 18 heavy (non-hydrogen) atoms. The van der Waals surface area contributed by atoms with Crippen molar-refractivity contribution in [2.75, 3.05) is 16.8 Å². The SMILES string of the molecule is Cc1ccc(NC(=O)CSC[C@@H](N)C(=O)O)cc1. The molecule has 5 nitrogen and oxygen atoms in total. The third kappa shape index (κ3) is 5.20. The number of aliphatic carboxylic acids is 1. The second-order valence-electron chi connectivity index (χ2n) is 3.87. The molecule has 0 unspecified atom stereocenters. The second-order valence-corrected chi connectivity index (χ2v) is 4.90. The van der Waals surface area contributed by atoms with Crippen LogP contribution in [0.4, 0.5) is 5.69 Å². The molecule has 4 N–H and O–H groups in total. The van der Waals surface area contributed by atoms with Gasteiger partial charge in [-0.1, -0.05) is 17.7 Å². The van der Waals surface area contributed by atoms with Crippen LogP contribution in [0.1, 0.15) is 5.56 Å². The zero-order chi connectivity index (χ0) is 13.5. The van der Waals surface area contributed by atoms with Crippen LogP contribution < -0.4 is 11.1 Å². The Morgan fingerprint density at radius 1 is 1.39 bits per heavy atom. The summed E-state index contributed by atoms with van der Waals surface area (Å²) in [4.78, 5) is 22.0. The molecule has 0 bridgehead atoms. The van der Waals surface area contributed by atoms with Gasteiger partial charge in [0.05, 0.1) is 5.75 Å². The van der Waals surface area contributed by atoms with Crippen LogP contribution in [0.3, 0.4) is 0 Å². The van der Waals surface area contributed by atoms with Crippen molar-refractivity contribution in [1.82, 2.24) is 0 Å². The highest BCUT2D eigenvalue weighted by molar-refractivity contribution is 8.00. The number of carboxylic acid groups (broad SMARTS) is 1. The number of nitrogens with two attached hydrogens (primary N) is 1. The van der Waals surface area contributed by atoms with Crippen LogP contribution in [0, 0.1) is 6.92 Å². The first kappa shape index (κ1) is 14.5. The highest BCUT2D eigenvalue weighted by atomic mass is 32.2. The molecule has 0 saturated heterocycles. The third-order valence-corrected chi connectivity index (χ3v) is 3.24. The van der Waals surface area contributed by atoms with Crippen molar-refractivity contribution in [3.8, 4) is 0 Å². The minimum absolute atomic E-state index is 0.165. The molecular formula is C12H16N2O3S. The van der Waals surface area contributed by atoms with Crippen molar-refractivity contribution in [2.24, 2.45) is 5.73 Å². The van der Waals surface area contributed by atoms with Gasteiger partial charge in [0.15, 0.2) is 0 Å². The minimum Gasteiger partial charge on any atom is -0.480 e. The Morgan fingerprint density at radius 2 is 2.00 bits per heavy atom. The summed E-state index contributed by atoms with van der Waals surface area (Å²) in [6.07, 6.45) is 0. The molecular weight excluding hydrogens is 252 g/mol. The van der Waals surface area contributed by atoms with Gasteiger partial charge in [-0.3, -0.25) is 9.59 Å². The maximum Gasteiger partial charge on any atom is 0.321 e. The lowest BCUT2D eigenvalue weighted by atomic mass is 10.2. The van der Waals surface area contributed by atoms with E-state index in [2.05, 4.69) is 5.32 Å². The summed E-state index contributed by atoms with van der Waals surface area (Å²) in [6.45, 7) is 1.97. The lowest BCUT2D eigenvalue weighted by molar-refractivity contribution is -0.137. The summed E-state index contributed by atoms with van der Waals surface area (Å²) in [5.41, 5.74) is 7.17. The molecule has 0 radical (unpaired) electrons. The molecule has 0 aliphatic carbocycles. The van der Waals surface area contributed by atoms with Crippen LogP contribution >= 0.6 is 11.8 Å². The van der Waals surface area contributed by atoms with Gasteiger partial charge in [-0.2, -0.15) is 0 Å². The number of amides is 1. The molecule has 0 spiro atoms. The molecule has 98 valence electrons. The van der Waals surface area contributed by atoms with Crippen LogP contribution in [0.5, 0.6) is 0 Å². The molecule has 1 rings (SSSR count). The number of rotatable bonds is 6. The first-order valence-corrected chi connectivity index (χ1v) is 6.57. The molecule has 6 heteroatoms. The Balaban J connectivity index is 2.30. The lowest BCUT2D eigenvalue weighted by Crippen LogP contribution is -2.33. The van der Waals surface area contributed by atoms with Gasteiger partial charge in [0.25, 0.3) is 0 Å². The van der Waals surface area contributed by atoms with E-state index in [9.17, 15) is 9.59 Å². The summed E-state index contributed by atoms with van der Waals surface area (Å²) < 4.78 is 0. The number of thioether (sulfide) groups is 1. The van der Waals surface area contributed by atoms with Crippen molar-refractivity contribution in [1.29, 1.82) is 0 Å². The predicted octanol–water partition coefficient (Wildman–Crippen LogP) is 1.08. The number of benzene rings is 1. The van der Waals surface area contributed by atoms with E-state index in [1.54, 1.807) is 0 Å². The van der Waals surface area contributed by atoms with Crippen LogP contribution in [-0.4, -0.2) is 34.5 Å². The first-order valence-electron chi connectivity index (χ1n) is 5.41. The van der Waals surface area contributed by atoms with E-state index in [1.165, 1.54) is 11.8 Å². The van der Waals surface area contributed by atoms with Crippen molar-refractivity contribution in [2.45, 2.75) is 13.0 Å². The topological polar surface area (TPSA) is 92.4 Å². The van der Waals surface area contributed by atoms with Crippen LogP contribution in [0.15, 0.2) is 24.3 Å². The van der Waals surface area contributed by atoms with Gasteiger partial charge in [0, 0.05) is 11.4 Å². The highest BCUT2D eigenvalue weighted by Gasteiger charge is 2.12. The fourth-order valence-electron chi connectivity index (χ4n) is 1.18. The zero-order valence-electron chi connectivity index (χ0n) is 10.1. The quantitative estimate of drug-likeness (QED) is 0.718. The highest BCUT2D eigenvalue weighted by Crippen LogP contribution is 2.10. The van der Waals surface area contributed by atoms with E-state index in [0.717, 1.165) is 11.3 Å². The van der Waals surface area contributed by atoms with Crippen molar-refractivity contribution in [3.63, 3.8) is 0 Å². The first-order chi connectivity index (χ1) is 8.49. The fourth-order valence-corrected chi connectivity index (χ4v) is 1.96. The van der Waals surface area contributed by atoms with Gasteiger partial charge in [-0.25, -0.2) is 0 Å². The number of anilines is 1. The normalized spacial score (nSPS) is 11.9. The average molecular weight is 268 g/mol. The summed E-state index contributed by atoms with van der Waals surface area (Å²) in [7, 11) is 0. The van der Waals surface area contributed by atoms with Crippen molar-refractivity contribution in [3.05, 3.63) is 29.8 Å². The fraction of sp³-hybridized carbons (Fsp3) is 0.333. The Labute approximate surface area is 110 Å². The van der Waals surface area contributed by atoms with E-state index in [4.69, 9.17) is 10.8 Å². The molecule has 1 amide bonds. The van der Waals surface area contributed by atoms with E-state index in [-0.39, 0.29) is 17.4 Å². The number of carboxylic acids is 1. The largest absolute Gasteiger partial charge is 0.480 e. The lowest BCUT2D eigenvalue weighted by Gasteiger charge is -2.07. The number of carbonyl (C=O) groups excluding carboxylic acids is 1. The van der Waals surface area contributed by atoms with Crippen LogP contribution in [0.25, 0.3) is 0 Å². The van der Waals surface area contributed by atoms with Gasteiger partial charge in [0.2, 0.25) is 5.91 Å². The van der Waals surface area contributed by atoms with E-state index in [1.807, 2.05) is 31.2 Å². The molecule has 1 atom stereocenters. The van der Waals surface area contributed by atoms with Crippen molar-refractivity contribution < 1.29 is 14.7 Å². The van der Waals surface area contributed by atoms with Gasteiger partial charge in [-0.15, -0.1) is 11.8 Å². The number of hydrogen-bond acceptors (Lipinski definition) is 4. The van der Waals surface area contributed by atoms with Crippen molar-refractivity contribution >= 4 is 29.3 Å². The predicted molar refractivity (Wildman–Crippen MR) is 72.7 cm³/mol. The van der Waals surface area contributed by atoms with Gasteiger partial charge < -0.3 is 16.2 Å². The molecule has 0 saturated carbocycles. The summed E-state index contributed by atoms with van der Waals surface area (Å²) in [5, 5.41) is 11.3. The Bertz CT molecular complexity index is 420. The average Bonchev–Trinajstić information content (AvgIpc) is 2.32. The zero-order valence-corrected chi connectivity index (χ0v) is 10.9. The smallest absolute Gasteiger partial charge is 0.321 e. The Hall–Kier alpha value is -1.53. The maximum atomic E-state index is 11.5. The molecule has 0 aromatic heterocycles. The Morgan fingerprint density at radius 3 is 2.56 bits per heavy atom.